The van der Waals surface area contributed by atoms with E-state index in [9.17, 15) is 4.79 Å². The molecule has 1 aromatic heterocycles. The van der Waals surface area contributed by atoms with Gasteiger partial charge in [-0.25, -0.2) is 19.8 Å². The molecule has 1 aliphatic heterocycles. The van der Waals surface area contributed by atoms with Crippen LogP contribution >= 0.6 is 0 Å². The highest BCUT2D eigenvalue weighted by Gasteiger charge is 2.51. The van der Waals surface area contributed by atoms with Gasteiger partial charge in [0.2, 0.25) is 11.9 Å². The summed E-state index contributed by atoms with van der Waals surface area (Å²) < 4.78 is 5.69. The SMILES string of the molecule is Cc1cc(C)nc(NC(=NCC2CCCO2)NC(=O)NC23CC4CC(CC(C4)C2)C3)n1. The number of urea groups is 1. The standard InChI is InChI=1S/C23H34N6O2/c1-14-6-15(2)26-21(25-14)27-20(24-13-19-4-3-5-31-19)28-22(30)29-23-10-16-7-17(11-23)9-18(8-16)12-23/h6,16-19H,3-5,7-13H2,1-2H3,(H3,24,25,26,27,28,29,30). The van der Waals surface area contributed by atoms with Crippen LogP contribution in [0, 0.1) is 31.6 Å². The molecule has 0 aromatic carbocycles. The summed E-state index contributed by atoms with van der Waals surface area (Å²) in [5.74, 6) is 3.16. The molecule has 168 valence electrons. The van der Waals surface area contributed by atoms with Crippen LogP contribution in [-0.2, 0) is 4.74 Å². The average molecular weight is 427 g/mol. The lowest BCUT2D eigenvalue weighted by atomic mass is 9.53. The molecule has 6 rings (SSSR count). The Kier molecular flexibility index (Phi) is 5.58. The Morgan fingerprint density at radius 2 is 1.77 bits per heavy atom. The van der Waals surface area contributed by atoms with Crippen molar-refractivity contribution in [3.05, 3.63) is 17.5 Å². The molecule has 0 radical (unpaired) electrons. The van der Waals surface area contributed by atoms with Crippen molar-refractivity contribution in [1.29, 1.82) is 0 Å². The Bertz CT molecular complexity index is 808. The Balaban J connectivity index is 1.28. The van der Waals surface area contributed by atoms with Crippen LogP contribution in [0.5, 0.6) is 0 Å². The maximum Gasteiger partial charge on any atom is 0.321 e. The molecule has 1 unspecified atom stereocenters. The summed E-state index contributed by atoms with van der Waals surface area (Å²) in [4.78, 5) is 26.5. The lowest BCUT2D eigenvalue weighted by molar-refractivity contribution is -0.0132. The summed E-state index contributed by atoms with van der Waals surface area (Å²) in [6, 6.07) is 1.73. The number of hydrogen-bond donors (Lipinski definition) is 3. The van der Waals surface area contributed by atoms with E-state index < -0.39 is 0 Å². The summed E-state index contributed by atoms with van der Waals surface area (Å²) in [6.07, 6.45) is 9.55. The molecule has 2 heterocycles. The van der Waals surface area contributed by atoms with Gasteiger partial charge >= 0.3 is 6.03 Å². The highest BCUT2D eigenvalue weighted by molar-refractivity contribution is 6.03. The number of carbonyl (C=O) groups is 1. The monoisotopic (exact) mass is 426 g/mol. The van der Waals surface area contributed by atoms with Crippen molar-refractivity contribution in [3.8, 4) is 0 Å². The van der Waals surface area contributed by atoms with Crippen LogP contribution in [0.4, 0.5) is 10.7 Å². The van der Waals surface area contributed by atoms with Crippen molar-refractivity contribution < 1.29 is 9.53 Å². The highest BCUT2D eigenvalue weighted by Crippen LogP contribution is 2.55. The molecular weight excluding hydrogens is 392 g/mol. The molecule has 31 heavy (non-hydrogen) atoms. The van der Waals surface area contributed by atoms with Crippen molar-refractivity contribution in [2.45, 2.75) is 76.9 Å². The van der Waals surface area contributed by atoms with Gasteiger partial charge in [-0.05, 0) is 89.0 Å². The van der Waals surface area contributed by atoms with Gasteiger partial charge < -0.3 is 10.1 Å². The van der Waals surface area contributed by atoms with Crippen molar-refractivity contribution in [2.75, 3.05) is 18.5 Å². The fourth-order valence-electron chi connectivity index (χ4n) is 6.62. The van der Waals surface area contributed by atoms with E-state index in [0.717, 1.165) is 67.9 Å². The second-order valence-electron chi connectivity index (χ2n) is 10.2. The van der Waals surface area contributed by atoms with E-state index in [4.69, 9.17) is 4.74 Å². The molecule has 5 fully saturated rings. The quantitative estimate of drug-likeness (QED) is 0.507. The number of ether oxygens (including phenoxy) is 1. The summed E-state index contributed by atoms with van der Waals surface area (Å²) in [7, 11) is 0. The fourth-order valence-corrected chi connectivity index (χ4v) is 6.62. The smallest absolute Gasteiger partial charge is 0.321 e. The molecule has 2 amide bonds. The van der Waals surface area contributed by atoms with Crippen molar-refractivity contribution >= 4 is 17.9 Å². The number of carbonyl (C=O) groups excluding carboxylic acids is 1. The average Bonchev–Trinajstić information content (AvgIpc) is 3.17. The number of guanidine groups is 1. The Labute approximate surface area is 184 Å². The minimum atomic E-state index is -0.190. The van der Waals surface area contributed by atoms with Crippen LogP contribution in [-0.4, -0.2) is 46.8 Å². The summed E-state index contributed by atoms with van der Waals surface area (Å²) in [5, 5.41) is 9.43. The number of aryl methyl sites for hydroxylation is 2. The third-order valence-electron chi connectivity index (χ3n) is 7.34. The molecule has 4 saturated carbocycles. The van der Waals surface area contributed by atoms with E-state index in [1.165, 1.54) is 19.3 Å². The number of amides is 2. The zero-order valence-electron chi connectivity index (χ0n) is 18.6. The minimum absolute atomic E-state index is 0.0467. The lowest BCUT2D eigenvalue weighted by Crippen LogP contribution is -2.62. The second-order valence-corrected chi connectivity index (χ2v) is 10.2. The van der Waals surface area contributed by atoms with E-state index in [1.54, 1.807) is 0 Å². The van der Waals surface area contributed by atoms with Crippen LogP contribution in [0.3, 0.4) is 0 Å². The number of hydrogen-bond acceptors (Lipinski definition) is 5. The van der Waals surface area contributed by atoms with Gasteiger partial charge in [-0.3, -0.25) is 10.6 Å². The van der Waals surface area contributed by atoms with Gasteiger partial charge in [-0.1, -0.05) is 0 Å². The van der Waals surface area contributed by atoms with E-state index >= 15 is 0 Å². The zero-order valence-corrected chi connectivity index (χ0v) is 18.6. The Hall–Kier alpha value is -2.22. The number of aromatic nitrogens is 2. The first-order valence-electron chi connectivity index (χ1n) is 11.8. The molecule has 4 aliphatic carbocycles. The van der Waals surface area contributed by atoms with Gasteiger partial charge in [0.05, 0.1) is 12.6 Å². The summed E-state index contributed by atoms with van der Waals surface area (Å²) in [6.45, 7) is 5.14. The predicted octanol–water partition coefficient (Wildman–Crippen LogP) is 3.31. The maximum atomic E-state index is 13.0. The van der Waals surface area contributed by atoms with Gasteiger partial charge in [-0.15, -0.1) is 0 Å². The predicted molar refractivity (Wildman–Crippen MR) is 119 cm³/mol. The summed E-state index contributed by atoms with van der Waals surface area (Å²) >= 11 is 0. The van der Waals surface area contributed by atoms with Crippen LogP contribution in [0.15, 0.2) is 11.1 Å². The van der Waals surface area contributed by atoms with Gasteiger partial charge in [-0.2, -0.15) is 0 Å². The van der Waals surface area contributed by atoms with Crippen LogP contribution in [0.1, 0.15) is 62.8 Å². The third kappa shape index (κ3) is 4.84. The highest BCUT2D eigenvalue weighted by atomic mass is 16.5. The molecular formula is C23H34N6O2. The molecule has 0 spiro atoms. The van der Waals surface area contributed by atoms with E-state index in [2.05, 4.69) is 30.9 Å². The third-order valence-corrected chi connectivity index (χ3v) is 7.34. The van der Waals surface area contributed by atoms with Crippen molar-refractivity contribution in [3.63, 3.8) is 0 Å². The lowest BCUT2D eigenvalue weighted by Gasteiger charge is -2.56. The first kappa shape index (κ1) is 20.7. The zero-order chi connectivity index (χ0) is 21.4. The van der Waals surface area contributed by atoms with E-state index in [1.807, 2.05) is 19.9 Å². The second kappa shape index (κ2) is 8.37. The minimum Gasteiger partial charge on any atom is -0.376 e. The number of nitrogens with one attached hydrogen (secondary N) is 3. The van der Waals surface area contributed by atoms with E-state index in [0.29, 0.717) is 18.5 Å². The topological polar surface area (TPSA) is 101 Å². The fraction of sp³-hybridized carbons (Fsp3) is 0.739. The summed E-state index contributed by atoms with van der Waals surface area (Å²) in [5.41, 5.74) is 1.69. The first-order chi connectivity index (χ1) is 14.9. The molecule has 1 atom stereocenters. The van der Waals surface area contributed by atoms with Gasteiger partial charge in [0, 0.05) is 23.5 Å². The van der Waals surface area contributed by atoms with Crippen molar-refractivity contribution in [1.82, 2.24) is 20.6 Å². The molecule has 8 heteroatoms. The number of nitrogens with zero attached hydrogens (tertiary/aromatic N) is 3. The molecule has 1 saturated heterocycles. The van der Waals surface area contributed by atoms with Gasteiger partial charge in [0.1, 0.15) is 0 Å². The molecule has 8 nitrogen and oxygen atoms in total. The van der Waals surface area contributed by atoms with Crippen molar-refractivity contribution in [2.24, 2.45) is 22.7 Å². The maximum absolute atomic E-state index is 13.0. The molecule has 4 bridgehead atoms. The normalized spacial score (nSPS) is 34.1. The number of aliphatic imine (C=N–C) groups is 1. The number of rotatable bonds is 4. The first-order valence-corrected chi connectivity index (χ1v) is 11.8. The van der Waals surface area contributed by atoms with Gasteiger partial charge in [0.15, 0.2) is 0 Å². The number of anilines is 1. The van der Waals surface area contributed by atoms with E-state index in [-0.39, 0.29) is 17.7 Å². The van der Waals surface area contributed by atoms with Gasteiger partial charge in [0.25, 0.3) is 0 Å². The van der Waals surface area contributed by atoms with Crippen LogP contribution in [0.25, 0.3) is 0 Å². The largest absolute Gasteiger partial charge is 0.376 e. The molecule has 5 aliphatic rings. The molecule has 1 aromatic rings. The van der Waals surface area contributed by atoms with Crippen LogP contribution < -0.4 is 16.0 Å². The Morgan fingerprint density at radius 1 is 1.13 bits per heavy atom. The molecule has 3 N–H and O–H groups in total. The Morgan fingerprint density at radius 3 is 2.35 bits per heavy atom. The van der Waals surface area contributed by atoms with Crippen LogP contribution in [0.2, 0.25) is 0 Å².